The van der Waals surface area contributed by atoms with Gasteiger partial charge in [-0.15, -0.1) is 0 Å². The minimum absolute atomic E-state index is 0.220. The Labute approximate surface area is 65.1 Å². The van der Waals surface area contributed by atoms with Gasteiger partial charge < -0.3 is 4.74 Å². The van der Waals surface area contributed by atoms with Crippen LogP contribution in [0.15, 0.2) is 12.2 Å². The SMILES string of the molecule is C=C(COC)CS(=O)(=O)Cl. The van der Waals surface area contributed by atoms with E-state index in [4.69, 9.17) is 10.7 Å². The van der Waals surface area contributed by atoms with Crippen molar-refractivity contribution in [3.63, 3.8) is 0 Å². The fourth-order valence-corrected chi connectivity index (χ4v) is 1.52. The minimum Gasteiger partial charge on any atom is -0.380 e. The highest BCUT2D eigenvalue weighted by Gasteiger charge is 2.06. The third kappa shape index (κ3) is 6.07. The lowest BCUT2D eigenvalue weighted by molar-refractivity contribution is 0.226. The van der Waals surface area contributed by atoms with Gasteiger partial charge in [0.05, 0.1) is 12.4 Å². The van der Waals surface area contributed by atoms with Gasteiger partial charge in [0.15, 0.2) is 0 Å². The van der Waals surface area contributed by atoms with Crippen LogP contribution in [0.1, 0.15) is 0 Å². The first-order valence-electron chi connectivity index (χ1n) is 2.53. The molecule has 0 aromatic carbocycles. The minimum atomic E-state index is -3.45. The van der Waals surface area contributed by atoms with Crippen LogP contribution >= 0.6 is 10.7 Å². The first-order valence-corrected chi connectivity index (χ1v) is 5.01. The molecule has 10 heavy (non-hydrogen) atoms. The van der Waals surface area contributed by atoms with Gasteiger partial charge in [-0.3, -0.25) is 0 Å². The molecule has 0 aliphatic carbocycles. The Morgan fingerprint density at radius 3 is 2.50 bits per heavy atom. The van der Waals surface area contributed by atoms with Gasteiger partial charge in [-0.1, -0.05) is 6.58 Å². The van der Waals surface area contributed by atoms with Gasteiger partial charge in [-0.25, -0.2) is 8.42 Å². The van der Waals surface area contributed by atoms with Gasteiger partial charge in [0, 0.05) is 17.8 Å². The van der Waals surface area contributed by atoms with E-state index in [0.717, 1.165) is 0 Å². The van der Waals surface area contributed by atoms with Crippen LogP contribution in [-0.4, -0.2) is 27.9 Å². The molecule has 60 valence electrons. The molecule has 0 rings (SSSR count). The van der Waals surface area contributed by atoms with Crippen LogP contribution in [0.2, 0.25) is 0 Å². The van der Waals surface area contributed by atoms with Crippen LogP contribution in [0, 0.1) is 0 Å². The normalized spacial score (nSPS) is 11.4. The number of halogens is 1. The molecule has 0 aromatic heterocycles. The van der Waals surface area contributed by atoms with Crippen LogP contribution in [-0.2, 0) is 13.8 Å². The predicted molar refractivity (Wildman–Crippen MR) is 40.7 cm³/mol. The highest BCUT2D eigenvalue weighted by molar-refractivity contribution is 8.13. The van der Waals surface area contributed by atoms with Crippen LogP contribution in [0.3, 0.4) is 0 Å². The summed E-state index contributed by atoms with van der Waals surface area (Å²) in [6, 6.07) is 0. The Balaban J connectivity index is 3.82. The van der Waals surface area contributed by atoms with Crippen molar-refractivity contribution in [2.24, 2.45) is 0 Å². The molecule has 0 atom stereocenters. The maximum Gasteiger partial charge on any atom is 0.236 e. The van der Waals surface area contributed by atoms with Gasteiger partial charge in [-0.05, 0) is 5.57 Å². The van der Waals surface area contributed by atoms with Crippen molar-refractivity contribution in [2.45, 2.75) is 0 Å². The maximum atomic E-state index is 10.4. The first kappa shape index (κ1) is 9.94. The Bertz CT molecular complexity index is 207. The van der Waals surface area contributed by atoms with E-state index in [1.54, 1.807) is 0 Å². The average molecular weight is 185 g/mol. The summed E-state index contributed by atoms with van der Waals surface area (Å²) in [4.78, 5) is 0. The van der Waals surface area contributed by atoms with Crippen LogP contribution < -0.4 is 0 Å². The van der Waals surface area contributed by atoms with Crippen molar-refractivity contribution in [1.29, 1.82) is 0 Å². The van der Waals surface area contributed by atoms with Crippen LogP contribution in [0.4, 0.5) is 0 Å². The lowest BCUT2D eigenvalue weighted by Gasteiger charge is -1.99. The summed E-state index contributed by atoms with van der Waals surface area (Å²) >= 11 is 0. The molecule has 0 fully saturated rings. The summed E-state index contributed by atoms with van der Waals surface area (Å²) in [5.74, 6) is -0.220. The van der Waals surface area contributed by atoms with E-state index in [9.17, 15) is 8.42 Å². The largest absolute Gasteiger partial charge is 0.380 e. The third-order valence-electron chi connectivity index (χ3n) is 0.725. The molecule has 0 bridgehead atoms. The van der Waals surface area contributed by atoms with Crippen molar-refractivity contribution in [3.05, 3.63) is 12.2 Å². The van der Waals surface area contributed by atoms with Gasteiger partial charge in [0.2, 0.25) is 9.05 Å². The number of hydrogen-bond acceptors (Lipinski definition) is 3. The van der Waals surface area contributed by atoms with E-state index in [1.165, 1.54) is 7.11 Å². The van der Waals surface area contributed by atoms with Gasteiger partial charge >= 0.3 is 0 Å². The Hall–Kier alpha value is -0.0600. The lowest BCUT2D eigenvalue weighted by Crippen LogP contribution is -2.04. The average Bonchev–Trinajstić information content (AvgIpc) is 1.59. The molecule has 0 spiro atoms. The maximum absolute atomic E-state index is 10.4. The highest BCUT2D eigenvalue weighted by Crippen LogP contribution is 2.02. The third-order valence-corrected chi connectivity index (χ3v) is 1.81. The van der Waals surface area contributed by atoms with Crippen LogP contribution in [0.5, 0.6) is 0 Å². The highest BCUT2D eigenvalue weighted by atomic mass is 35.7. The number of rotatable bonds is 4. The summed E-state index contributed by atoms with van der Waals surface area (Å²) in [5.41, 5.74) is 0.456. The second-order valence-electron chi connectivity index (χ2n) is 1.87. The van der Waals surface area contributed by atoms with Gasteiger partial charge in [-0.2, -0.15) is 0 Å². The van der Waals surface area contributed by atoms with E-state index < -0.39 is 9.05 Å². The molecule has 0 aliphatic heterocycles. The number of ether oxygens (including phenoxy) is 1. The molecule has 0 aliphatic rings. The zero-order chi connectivity index (χ0) is 8.20. The summed E-state index contributed by atoms with van der Waals surface area (Å²) in [6.07, 6.45) is 0. The monoisotopic (exact) mass is 184 g/mol. The second kappa shape index (κ2) is 3.95. The van der Waals surface area contributed by atoms with Crippen molar-refractivity contribution < 1.29 is 13.2 Å². The molecule has 0 aromatic rings. The molecular formula is C5H9ClO3S. The van der Waals surface area contributed by atoms with Crippen molar-refractivity contribution in [2.75, 3.05) is 19.5 Å². The molecule has 0 unspecified atom stereocenters. The fourth-order valence-electron chi connectivity index (χ4n) is 0.490. The van der Waals surface area contributed by atoms with Crippen LogP contribution in [0.25, 0.3) is 0 Å². The van der Waals surface area contributed by atoms with E-state index in [2.05, 4.69) is 11.3 Å². The Morgan fingerprint density at radius 2 is 2.20 bits per heavy atom. The van der Waals surface area contributed by atoms with Gasteiger partial charge in [0.25, 0.3) is 0 Å². The number of methoxy groups -OCH3 is 1. The summed E-state index contributed by atoms with van der Waals surface area (Å²) in [6.45, 7) is 3.67. The summed E-state index contributed by atoms with van der Waals surface area (Å²) < 4.78 is 25.4. The van der Waals surface area contributed by atoms with Crippen molar-refractivity contribution in [1.82, 2.24) is 0 Å². The van der Waals surface area contributed by atoms with Crippen molar-refractivity contribution >= 4 is 19.7 Å². The van der Waals surface area contributed by atoms with Crippen molar-refractivity contribution in [3.8, 4) is 0 Å². The van der Waals surface area contributed by atoms with E-state index in [-0.39, 0.29) is 12.4 Å². The molecule has 0 saturated carbocycles. The summed E-state index contributed by atoms with van der Waals surface area (Å²) in [5, 5.41) is 0. The molecule has 0 amide bonds. The molecule has 5 heteroatoms. The number of hydrogen-bond donors (Lipinski definition) is 0. The topological polar surface area (TPSA) is 43.4 Å². The molecular weight excluding hydrogens is 176 g/mol. The van der Waals surface area contributed by atoms with E-state index in [1.807, 2.05) is 0 Å². The second-order valence-corrected chi connectivity index (χ2v) is 4.64. The molecule has 3 nitrogen and oxygen atoms in total. The fraction of sp³-hybridized carbons (Fsp3) is 0.600. The molecule has 0 saturated heterocycles. The predicted octanol–water partition coefficient (Wildman–Crippen LogP) is 0.758. The van der Waals surface area contributed by atoms with Gasteiger partial charge in [0.1, 0.15) is 0 Å². The molecule has 0 heterocycles. The zero-order valence-corrected chi connectivity index (χ0v) is 7.20. The van der Waals surface area contributed by atoms with E-state index in [0.29, 0.717) is 5.57 Å². The van der Waals surface area contributed by atoms with E-state index >= 15 is 0 Å². The zero-order valence-electron chi connectivity index (χ0n) is 5.63. The summed E-state index contributed by atoms with van der Waals surface area (Å²) in [7, 11) is 2.93. The standard InChI is InChI=1S/C5H9ClO3S/c1-5(3-9-2)4-10(6,7)8/h1,3-4H2,2H3. The first-order chi connectivity index (χ1) is 4.45. The smallest absolute Gasteiger partial charge is 0.236 e. The Kier molecular flexibility index (Phi) is 3.93. The lowest BCUT2D eigenvalue weighted by atomic mass is 10.4. The Morgan fingerprint density at radius 1 is 1.70 bits per heavy atom. The quantitative estimate of drug-likeness (QED) is 0.479. The molecule has 0 radical (unpaired) electrons. The molecule has 0 N–H and O–H groups in total.